The first-order valence-corrected chi connectivity index (χ1v) is 11.3. The topological polar surface area (TPSA) is 26.3 Å². The van der Waals surface area contributed by atoms with E-state index in [1.807, 2.05) is 60.7 Å². The third-order valence-electron chi connectivity index (χ3n) is 4.13. The van der Waals surface area contributed by atoms with Crippen molar-refractivity contribution in [3.8, 4) is 5.75 Å². The molecule has 0 spiro atoms. The Morgan fingerprint density at radius 1 is 0.963 bits per heavy atom. The molecule has 2 nitrogen and oxygen atoms in total. The second-order valence-corrected chi connectivity index (χ2v) is 9.51. The fourth-order valence-corrected chi connectivity index (χ4v) is 5.93. The summed E-state index contributed by atoms with van der Waals surface area (Å²) < 4.78 is 8.31. The molecule has 27 heavy (non-hydrogen) atoms. The molecule has 0 saturated heterocycles. The summed E-state index contributed by atoms with van der Waals surface area (Å²) in [6.45, 7) is 0.495. The highest BCUT2D eigenvalue weighted by Crippen LogP contribution is 2.42. The van der Waals surface area contributed by atoms with Crippen LogP contribution >= 0.6 is 56.9 Å². The quantitative estimate of drug-likeness (QED) is 0.245. The van der Waals surface area contributed by atoms with E-state index in [4.69, 9.17) is 4.74 Å². The summed E-state index contributed by atoms with van der Waals surface area (Å²) in [5.74, 6) is 0.898. The van der Waals surface area contributed by atoms with E-state index in [1.54, 1.807) is 0 Å². The minimum absolute atomic E-state index is 0.0819. The molecule has 0 fully saturated rings. The van der Waals surface area contributed by atoms with E-state index in [0.29, 0.717) is 6.61 Å². The molecular weight excluding hydrogens is 582 g/mol. The van der Waals surface area contributed by atoms with Crippen molar-refractivity contribution in [1.82, 2.24) is 0 Å². The third kappa shape index (κ3) is 4.25. The summed E-state index contributed by atoms with van der Waals surface area (Å²) >= 11 is 6.12. The fourth-order valence-electron chi connectivity index (χ4n) is 2.85. The third-order valence-corrected chi connectivity index (χ3v) is 6.65. The van der Waals surface area contributed by atoms with Crippen LogP contribution in [0.15, 0.2) is 76.5 Å². The number of carbonyl (C=O) groups is 1. The predicted octanol–water partition coefficient (Wildman–Crippen LogP) is 6.80. The number of fused-ring (bicyclic) bond motifs is 1. The van der Waals surface area contributed by atoms with Crippen LogP contribution in [0, 0.1) is 7.14 Å². The molecule has 3 aromatic carbocycles. The van der Waals surface area contributed by atoms with Crippen LogP contribution in [0.25, 0.3) is 6.08 Å². The molecule has 0 aliphatic carbocycles. The van der Waals surface area contributed by atoms with E-state index in [2.05, 4.69) is 57.3 Å². The lowest BCUT2D eigenvalue weighted by atomic mass is 10.1. The Balaban J connectivity index is 1.68. The van der Waals surface area contributed by atoms with Gasteiger partial charge in [0.2, 0.25) is 5.78 Å². The Bertz CT molecular complexity index is 1050. The van der Waals surface area contributed by atoms with Crippen LogP contribution in [0.1, 0.15) is 21.5 Å². The number of hydrogen-bond donors (Lipinski definition) is 0. The van der Waals surface area contributed by atoms with E-state index in [9.17, 15) is 4.79 Å². The van der Waals surface area contributed by atoms with Crippen molar-refractivity contribution < 1.29 is 9.53 Å². The standard InChI is InChI=1S/C22H14I2O2S/c23-16-10-15(11-20-21(25)17-8-4-5-9-19(17)27-20)22(18(24)12-16)26-13-14-6-2-1-3-7-14/h1-12H,13H2. The number of ketones is 1. The molecule has 4 rings (SSSR count). The van der Waals surface area contributed by atoms with Gasteiger partial charge in [-0.25, -0.2) is 0 Å². The smallest absolute Gasteiger partial charge is 0.200 e. The maximum Gasteiger partial charge on any atom is 0.200 e. The molecule has 0 bridgehead atoms. The van der Waals surface area contributed by atoms with E-state index in [1.165, 1.54) is 11.8 Å². The molecule has 0 saturated carbocycles. The molecule has 134 valence electrons. The maximum atomic E-state index is 12.7. The van der Waals surface area contributed by atoms with Crippen LogP contribution in [0.5, 0.6) is 5.75 Å². The van der Waals surface area contributed by atoms with Crippen molar-refractivity contribution in [3.63, 3.8) is 0 Å². The van der Waals surface area contributed by atoms with Crippen molar-refractivity contribution in [2.24, 2.45) is 0 Å². The second kappa shape index (κ2) is 8.36. The zero-order valence-corrected chi connectivity index (χ0v) is 19.2. The SMILES string of the molecule is O=C1C(=Cc2cc(I)cc(I)c2OCc2ccccc2)Sc2ccccc21. The lowest BCUT2D eigenvalue weighted by Gasteiger charge is -2.13. The van der Waals surface area contributed by atoms with Crippen LogP contribution in [0.4, 0.5) is 0 Å². The highest BCUT2D eigenvalue weighted by atomic mass is 127. The molecule has 0 N–H and O–H groups in total. The second-order valence-electron chi connectivity index (χ2n) is 6.02. The van der Waals surface area contributed by atoms with Gasteiger partial charge in [-0.1, -0.05) is 54.2 Å². The van der Waals surface area contributed by atoms with Gasteiger partial charge in [0.1, 0.15) is 12.4 Å². The van der Waals surface area contributed by atoms with Gasteiger partial charge in [-0.3, -0.25) is 4.79 Å². The predicted molar refractivity (Wildman–Crippen MR) is 127 cm³/mol. The average molecular weight is 596 g/mol. The Hall–Kier alpha value is -1.32. The zero-order chi connectivity index (χ0) is 18.8. The van der Waals surface area contributed by atoms with E-state index >= 15 is 0 Å². The summed E-state index contributed by atoms with van der Waals surface area (Å²) in [5.41, 5.74) is 2.83. The van der Waals surface area contributed by atoms with Crippen molar-refractivity contribution >= 4 is 68.8 Å². The van der Waals surface area contributed by atoms with Crippen molar-refractivity contribution in [3.05, 3.63) is 95.5 Å². The van der Waals surface area contributed by atoms with Gasteiger partial charge < -0.3 is 4.74 Å². The molecular formula is C22H14I2O2S. The molecule has 0 atom stereocenters. The molecule has 0 unspecified atom stereocenters. The number of halogens is 2. The Morgan fingerprint density at radius 3 is 2.48 bits per heavy atom. The Kier molecular flexibility index (Phi) is 5.89. The minimum atomic E-state index is 0.0819. The van der Waals surface area contributed by atoms with Gasteiger partial charge in [-0.15, -0.1) is 0 Å². The van der Waals surface area contributed by atoms with Crippen molar-refractivity contribution in [1.29, 1.82) is 0 Å². The van der Waals surface area contributed by atoms with Crippen LogP contribution in [0.3, 0.4) is 0 Å². The van der Waals surface area contributed by atoms with Crippen LogP contribution in [-0.2, 0) is 6.61 Å². The molecule has 0 amide bonds. The number of carbonyl (C=O) groups excluding carboxylic acids is 1. The summed E-state index contributed by atoms with van der Waals surface area (Å²) in [7, 11) is 0. The fraction of sp³-hybridized carbons (Fsp3) is 0.0455. The van der Waals surface area contributed by atoms with Crippen LogP contribution < -0.4 is 4.74 Å². The summed E-state index contributed by atoms with van der Waals surface area (Å²) in [4.78, 5) is 14.5. The molecule has 0 aromatic heterocycles. The number of ether oxygens (including phenoxy) is 1. The number of hydrogen-bond acceptors (Lipinski definition) is 3. The normalized spacial score (nSPS) is 14.4. The van der Waals surface area contributed by atoms with E-state index in [-0.39, 0.29) is 5.78 Å². The number of benzene rings is 3. The molecule has 1 aliphatic heterocycles. The Morgan fingerprint density at radius 2 is 1.70 bits per heavy atom. The lowest BCUT2D eigenvalue weighted by Crippen LogP contribution is -2.00. The molecule has 5 heteroatoms. The first-order chi connectivity index (χ1) is 13.1. The largest absolute Gasteiger partial charge is 0.487 e. The summed E-state index contributed by atoms with van der Waals surface area (Å²) in [6, 6.07) is 22.0. The Labute approximate surface area is 189 Å². The van der Waals surface area contributed by atoms with Crippen molar-refractivity contribution in [2.45, 2.75) is 11.5 Å². The number of thioether (sulfide) groups is 1. The van der Waals surface area contributed by atoms with Gasteiger partial charge in [-0.2, -0.15) is 0 Å². The first kappa shape index (κ1) is 19.0. The van der Waals surface area contributed by atoms with E-state index < -0.39 is 0 Å². The summed E-state index contributed by atoms with van der Waals surface area (Å²) in [6.07, 6.45) is 1.96. The van der Waals surface area contributed by atoms with Crippen LogP contribution in [-0.4, -0.2) is 5.78 Å². The van der Waals surface area contributed by atoms with Gasteiger partial charge in [0, 0.05) is 19.6 Å². The highest BCUT2D eigenvalue weighted by Gasteiger charge is 2.25. The molecule has 3 aromatic rings. The molecule has 0 radical (unpaired) electrons. The molecule has 1 heterocycles. The highest BCUT2D eigenvalue weighted by molar-refractivity contribution is 14.1. The first-order valence-electron chi connectivity index (χ1n) is 8.31. The van der Waals surface area contributed by atoms with Gasteiger partial charge >= 0.3 is 0 Å². The monoisotopic (exact) mass is 596 g/mol. The number of Topliss-reactive ketones (excluding diaryl/α,β-unsaturated/α-hetero) is 1. The zero-order valence-electron chi connectivity index (χ0n) is 14.1. The maximum absolute atomic E-state index is 12.7. The lowest BCUT2D eigenvalue weighted by molar-refractivity contribution is 0.104. The van der Waals surface area contributed by atoms with Gasteiger partial charge in [0.05, 0.1) is 8.48 Å². The van der Waals surface area contributed by atoms with Crippen molar-refractivity contribution in [2.75, 3.05) is 0 Å². The summed E-state index contributed by atoms with van der Waals surface area (Å²) in [5, 5.41) is 0. The average Bonchev–Trinajstić information content (AvgIpc) is 2.98. The minimum Gasteiger partial charge on any atom is -0.487 e. The number of rotatable bonds is 4. The van der Waals surface area contributed by atoms with E-state index in [0.717, 1.165) is 39.4 Å². The number of allylic oxidation sites excluding steroid dienone is 1. The van der Waals surface area contributed by atoms with Gasteiger partial charge in [0.25, 0.3) is 0 Å². The van der Waals surface area contributed by atoms with Gasteiger partial charge in [0.15, 0.2) is 0 Å². The van der Waals surface area contributed by atoms with Crippen LogP contribution in [0.2, 0.25) is 0 Å². The van der Waals surface area contributed by atoms with Gasteiger partial charge in [-0.05, 0) is 81.1 Å². The molecule has 1 aliphatic rings.